The number of H-pyrrole nitrogens is 2. The van der Waals surface area contributed by atoms with Gasteiger partial charge in [-0.1, -0.05) is 0 Å². The second-order valence-electron chi connectivity index (χ2n) is 7.32. The van der Waals surface area contributed by atoms with E-state index in [2.05, 4.69) is 50.3 Å². The minimum Gasteiger partial charge on any atom is -0.355 e. The van der Waals surface area contributed by atoms with E-state index in [4.69, 9.17) is 4.98 Å². The lowest BCUT2D eigenvalue weighted by Crippen LogP contribution is -1.78. The maximum atomic E-state index is 4.74. The second kappa shape index (κ2) is 7.70. The zero-order valence-electron chi connectivity index (χ0n) is 16.4. The number of nitrogens with zero attached hydrogens (tertiary/aromatic N) is 3. The third-order valence-electron chi connectivity index (χ3n) is 5.16. The van der Waals surface area contributed by atoms with Crippen LogP contribution in [0, 0.1) is 0 Å². The van der Waals surface area contributed by atoms with Crippen molar-refractivity contribution in [3.8, 4) is 11.1 Å². The molecule has 0 aliphatic carbocycles. The molecule has 2 N–H and O–H groups in total. The van der Waals surface area contributed by atoms with Gasteiger partial charge in [0.05, 0.1) is 22.8 Å². The summed E-state index contributed by atoms with van der Waals surface area (Å²) in [7, 11) is 0. The highest BCUT2D eigenvalue weighted by Gasteiger charge is 2.06. The molecule has 0 fully saturated rings. The standard InChI is InChI=1S/C25H17N5.ClH/c1-2-18-12-20-5-6-22(29-20)15-25-24(16-7-9-26-10-8-16)14-23(30-25)13-21-4-3-19(28-21)11-17(1)27-18;/h1-15,28,30H;1H. The van der Waals surface area contributed by atoms with Gasteiger partial charge < -0.3 is 9.97 Å². The number of aromatic amines is 2. The topological polar surface area (TPSA) is 70.2 Å². The van der Waals surface area contributed by atoms with Crippen molar-refractivity contribution in [2.45, 2.75) is 0 Å². The first-order valence-electron chi connectivity index (χ1n) is 9.77. The van der Waals surface area contributed by atoms with Crippen LogP contribution >= 0.6 is 12.4 Å². The van der Waals surface area contributed by atoms with Gasteiger partial charge in [0, 0.05) is 40.0 Å². The average Bonchev–Trinajstić information content (AvgIpc) is 3.53. The lowest BCUT2D eigenvalue weighted by atomic mass is 10.1. The molecule has 0 amide bonds. The normalized spacial score (nSPS) is 12.0. The molecule has 0 atom stereocenters. The minimum absolute atomic E-state index is 0. The molecule has 6 heterocycles. The molecule has 2 aliphatic rings. The van der Waals surface area contributed by atoms with E-state index in [1.54, 1.807) is 0 Å². The molecule has 31 heavy (non-hydrogen) atoms. The molecule has 0 saturated carbocycles. The Balaban J connectivity index is 0.00000204. The Hall–Kier alpha value is -3.96. The van der Waals surface area contributed by atoms with Crippen LogP contribution < -0.4 is 0 Å². The maximum Gasteiger partial charge on any atom is 0.0659 e. The monoisotopic (exact) mass is 423 g/mol. The van der Waals surface area contributed by atoms with Crippen molar-refractivity contribution in [2.24, 2.45) is 0 Å². The van der Waals surface area contributed by atoms with Crippen LogP contribution in [0.2, 0.25) is 0 Å². The summed E-state index contributed by atoms with van der Waals surface area (Å²) in [4.78, 5) is 20.5. The maximum absolute atomic E-state index is 4.74. The fraction of sp³-hybridized carbons (Fsp3) is 0. The Morgan fingerprint density at radius 2 is 1.16 bits per heavy atom. The molecular formula is C25H18ClN5. The van der Waals surface area contributed by atoms with Crippen LogP contribution in [-0.2, 0) is 0 Å². The lowest BCUT2D eigenvalue weighted by Gasteiger charge is -1.97. The Labute approximate surface area is 184 Å². The fourth-order valence-corrected chi connectivity index (χ4v) is 3.79. The Morgan fingerprint density at radius 1 is 0.548 bits per heavy atom. The number of pyridine rings is 1. The number of fused-ring (bicyclic) bond motifs is 8. The van der Waals surface area contributed by atoms with Crippen LogP contribution in [0.1, 0.15) is 22.8 Å². The molecule has 150 valence electrons. The second-order valence-corrected chi connectivity index (χ2v) is 7.32. The SMILES string of the molecule is C1=Cc2cc3ccc(cc4cc(-c5ccncc5)c(cc5nc(cc1n2)C=C5)[nH]4)[nH]3.Cl. The van der Waals surface area contributed by atoms with Crippen LogP contribution in [0.5, 0.6) is 0 Å². The number of rotatable bonds is 1. The van der Waals surface area contributed by atoms with E-state index in [0.717, 1.165) is 56.0 Å². The minimum atomic E-state index is 0. The van der Waals surface area contributed by atoms with Crippen LogP contribution in [0.15, 0.2) is 67.0 Å². The summed E-state index contributed by atoms with van der Waals surface area (Å²) in [5, 5.41) is 0. The highest BCUT2D eigenvalue weighted by atomic mass is 35.5. The van der Waals surface area contributed by atoms with Crippen molar-refractivity contribution in [2.75, 3.05) is 0 Å². The van der Waals surface area contributed by atoms with Crippen LogP contribution in [-0.4, -0.2) is 24.9 Å². The molecule has 0 radical (unpaired) electrons. The summed E-state index contributed by atoms with van der Waals surface area (Å²) in [6.45, 7) is 0. The van der Waals surface area contributed by atoms with Crippen molar-refractivity contribution in [3.05, 3.63) is 89.8 Å². The van der Waals surface area contributed by atoms with Crippen LogP contribution in [0.3, 0.4) is 0 Å². The van der Waals surface area contributed by atoms with Gasteiger partial charge in [-0.2, -0.15) is 0 Å². The van der Waals surface area contributed by atoms with E-state index >= 15 is 0 Å². The van der Waals surface area contributed by atoms with Gasteiger partial charge in [-0.05, 0) is 84.5 Å². The molecule has 0 unspecified atom stereocenters. The average molecular weight is 424 g/mol. The third-order valence-corrected chi connectivity index (χ3v) is 5.16. The van der Waals surface area contributed by atoms with Gasteiger partial charge in [-0.3, -0.25) is 4.98 Å². The predicted molar refractivity (Wildman–Crippen MR) is 129 cm³/mol. The van der Waals surface area contributed by atoms with Gasteiger partial charge in [-0.25, -0.2) is 9.97 Å². The molecule has 0 spiro atoms. The van der Waals surface area contributed by atoms with Crippen molar-refractivity contribution >= 4 is 58.8 Å². The molecule has 0 aromatic carbocycles. The smallest absolute Gasteiger partial charge is 0.0659 e. The Bertz CT molecular complexity index is 1490. The summed E-state index contributed by atoms with van der Waals surface area (Å²) >= 11 is 0. The first-order valence-corrected chi connectivity index (χ1v) is 9.77. The summed E-state index contributed by atoms with van der Waals surface area (Å²) < 4.78 is 0. The highest BCUT2D eigenvalue weighted by Crippen LogP contribution is 2.27. The molecule has 6 heteroatoms. The van der Waals surface area contributed by atoms with Gasteiger partial charge in [0.1, 0.15) is 0 Å². The van der Waals surface area contributed by atoms with Crippen LogP contribution in [0.25, 0.3) is 57.5 Å². The van der Waals surface area contributed by atoms with E-state index in [1.165, 1.54) is 0 Å². The first kappa shape index (κ1) is 19.0. The molecule has 4 aromatic heterocycles. The lowest BCUT2D eigenvalue weighted by molar-refractivity contribution is 1.28. The Kier molecular flexibility index (Phi) is 4.73. The van der Waals surface area contributed by atoms with Gasteiger partial charge in [-0.15, -0.1) is 12.4 Å². The van der Waals surface area contributed by atoms with Crippen LogP contribution in [0.4, 0.5) is 0 Å². The number of halogens is 1. The highest BCUT2D eigenvalue weighted by molar-refractivity contribution is 5.87. The summed E-state index contributed by atoms with van der Waals surface area (Å²) in [6, 6.07) is 18.5. The first-order chi connectivity index (χ1) is 14.8. The number of aromatic nitrogens is 5. The third kappa shape index (κ3) is 3.79. The largest absolute Gasteiger partial charge is 0.355 e. The van der Waals surface area contributed by atoms with E-state index in [-0.39, 0.29) is 12.4 Å². The zero-order valence-corrected chi connectivity index (χ0v) is 17.2. The van der Waals surface area contributed by atoms with Crippen molar-refractivity contribution in [1.82, 2.24) is 24.9 Å². The fourth-order valence-electron chi connectivity index (χ4n) is 3.79. The molecule has 0 saturated heterocycles. The predicted octanol–water partition coefficient (Wildman–Crippen LogP) is 6.14. The molecule has 5 nitrogen and oxygen atoms in total. The van der Waals surface area contributed by atoms with Crippen molar-refractivity contribution in [3.63, 3.8) is 0 Å². The van der Waals surface area contributed by atoms with E-state index < -0.39 is 0 Å². The van der Waals surface area contributed by atoms with E-state index in [0.29, 0.717) is 0 Å². The summed E-state index contributed by atoms with van der Waals surface area (Å²) in [6.07, 6.45) is 11.7. The Morgan fingerprint density at radius 3 is 1.87 bits per heavy atom. The van der Waals surface area contributed by atoms with Crippen molar-refractivity contribution in [1.29, 1.82) is 0 Å². The number of nitrogens with one attached hydrogen (secondary N) is 2. The van der Waals surface area contributed by atoms with Crippen molar-refractivity contribution < 1.29 is 0 Å². The van der Waals surface area contributed by atoms with Gasteiger partial charge in [0.25, 0.3) is 0 Å². The summed E-state index contributed by atoms with van der Waals surface area (Å²) in [5.74, 6) is 0. The molecule has 8 bridgehead atoms. The number of hydrogen-bond donors (Lipinski definition) is 2. The van der Waals surface area contributed by atoms with Gasteiger partial charge in [0.15, 0.2) is 0 Å². The molecular weight excluding hydrogens is 406 g/mol. The molecule has 4 aromatic rings. The molecule has 6 rings (SSSR count). The van der Waals surface area contributed by atoms with Gasteiger partial charge >= 0.3 is 0 Å². The zero-order chi connectivity index (χ0) is 19.9. The van der Waals surface area contributed by atoms with E-state index in [1.807, 2.05) is 61.0 Å². The quantitative estimate of drug-likeness (QED) is 0.333. The van der Waals surface area contributed by atoms with Gasteiger partial charge in [0.2, 0.25) is 0 Å². The van der Waals surface area contributed by atoms with E-state index in [9.17, 15) is 0 Å². The summed E-state index contributed by atoms with van der Waals surface area (Å²) in [5.41, 5.74) is 9.89. The number of hydrogen-bond acceptors (Lipinski definition) is 3. The molecule has 2 aliphatic heterocycles.